The van der Waals surface area contributed by atoms with E-state index in [1.165, 1.54) is 0 Å². The summed E-state index contributed by atoms with van der Waals surface area (Å²) in [7, 11) is 0. The van der Waals surface area contributed by atoms with E-state index >= 15 is 0 Å². The number of aliphatic hydroxyl groups is 1. The lowest BCUT2D eigenvalue weighted by Crippen LogP contribution is -2.09. The molecule has 102 valence electrons. The molecule has 2 aromatic rings. The van der Waals surface area contributed by atoms with Crippen molar-refractivity contribution in [1.82, 2.24) is 9.55 Å². The molecule has 1 aromatic carbocycles. The number of aliphatic hydroxyl groups excluding tert-OH is 1. The molecule has 1 heterocycles. The van der Waals surface area contributed by atoms with Gasteiger partial charge < -0.3 is 9.67 Å². The summed E-state index contributed by atoms with van der Waals surface area (Å²) in [5.74, 6) is 0.930. The lowest BCUT2D eigenvalue weighted by molar-refractivity contribution is 0.271. The van der Waals surface area contributed by atoms with E-state index in [-0.39, 0.29) is 6.61 Å². The predicted molar refractivity (Wildman–Crippen MR) is 80.4 cm³/mol. The lowest BCUT2D eigenvalue weighted by atomic mass is 10.2. The average Bonchev–Trinajstić information content (AvgIpc) is 2.68. The molecule has 5 heteroatoms. The van der Waals surface area contributed by atoms with Crippen LogP contribution in [0.15, 0.2) is 28.7 Å². The molecule has 0 aliphatic carbocycles. The molecule has 0 saturated heterocycles. The van der Waals surface area contributed by atoms with E-state index in [2.05, 4.69) is 40.0 Å². The zero-order valence-electron chi connectivity index (χ0n) is 10.7. The Morgan fingerprint density at radius 2 is 2.00 bits per heavy atom. The summed E-state index contributed by atoms with van der Waals surface area (Å²) in [6, 6.07) is 8.11. The highest BCUT2D eigenvalue weighted by Crippen LogP contribution is 2.21. The summed E-state index contributed by atoms with van der Waals surface area (Å²) in [5.41, 5.74) is 1.84. The summed E-state index contributed by atoms with van der Waals surface area (Å²) in [6.07, 6.45) is 1.86. The van der Waals surface area contributed by atoms with Gasteiger partial charge in [0.15, 0.2) is 5.15 Å². The van der Waals surface area contributed by atoms with Crippen LogP contribution in [0.4, 0.5) is 0 Å². The van der Waals surface area contributed by atoms with Crippen molar-refractivity contribution in [3.63, 3.8) is 0 Å². The van der Waals surface area contributed by atoms with E-state index in [1.807, 2.05) is 16.7 Å². The van der Waals surface area contributed by atoms with Crippen molar-refractivity contribution in [2.24, 2.45) is 0 Å². The number of nitrogens with zero attached hydrogens (tertiary/aromatic N) is 2. The largest absolute Gasteiger partial charge is 0.390 e. The van der Waals surface area contributed by atoms with Gasteiger partial charge in [-0.2, -0.15) is 0 Å². The fourth-order valence-corrected chi connectivity index (χ4v) is 2.55. The quantitative estimate of drug-likeness (QED) is 0.897. The normalized spacial score (nSPS) is 10.9. The van der Waals surface area contributed by atoms with Crippen LogP contribution in [0.2, 0.25) is 5.15 Å². The van der Waals surface area contributed by atoms with Crippen LogP contribution in [-0.4, -0.2) is 14.7 Å². The third-order valence-corrected chi connectivity index (χ3v) is 3.81. The van der Waals surface area contributed by atoms with Gasteiger partial charge in [0.25, 0.3) is 0 Å². The van der Waals surface area contributed by atoms with Gasteiger partial charge in [0.1, 0.15) is 5.82 Å². The van der Waals surface area contributed by atoms with Crippen LogP contribution in [-0.2, 0) is 19.6 Å². The maximum atomic E-state index is 9.45. The Balaban J connectivity index is 2.34. The summed E-state index contributed by atoms with van der Waals surface area (Å²) in [6.45, 7) is 2.69. The summed E-state index contributed by atoms with van der Waals surface area (Å²) in [4.78, 5) is 4.34. The number of benzene rings is 1. The minimum absolute atomic E-state index is 0.0912. The van der Waals surface area contributed by atoms with Crippen LogP contribution in [0.3, 0.4) is 0 Å². The van der Waals surface area contributed by atoms with E-state index in [9.17, 15) is 5.11 Å². The van der Waals surface area contributed by atoms with Gasteiger partial charge in [-0.05, 0) is 24.1 Å². The van der Waals surface area contributed by atoms with Gasteiger partial charge in [0.2, 0.25) is 0 Å². The molecule has 2 rings (SSSR count). The van der Waals surface area contributed by atoms with Crippen molar-refractivity contribution >= 4 is 27.5 Å². The third-order valence-electron chi connectivity index (χ3n) is 2.98. The van der Waals surface area contributed by atoms with Crippen LogP contribution in [0, 0.1) is 0 Å². The minimum atomic E-state index is -0.0912. The van der Waals surface area contributed by atoms with Crippen molar-refractivity contribution in [2.75, 3.05) is 0 Å². The smallest absolute Gasteiger partial charge is 0.152 e. The molecule has 0 atom stereocenters. The highest BCUT2D eigenvalue weighted by Gasteiger charge is 2.14. The van der Waals surface area contributed by atoms with E-state index in [1.54, 1.807) is 0 Å². The third kappa shape index (κ3) is 3.38. The average molecular weight is 344 g/mol. The van der Waals surface area contributed by atoms with Gasteiger partial charge in [-0.1, -0.05) is 46.6 Å². The Kier molecular flexibility index (Phi) is 5.02. The predicted octanol–water partition coefficient (Wildman–Crippen LogP) is 3.79. The first-order valence-corrected chi connectivity index (χ1v) is 7.41. The monoisotopic (exact) mass is 342 g/mol. The molecule has 0 amide bonds. The number of rotatable bonds is 5. The maximum Gasteiger partial charge on any atom is 0.152 e. The summed E-state index contributed by atoms with van der Waals surface area (Å²) in [5, 5.41) is 9.86. The summed E-state index contributed by atoms with van der Waals surface area (Å²) >= 11 is 9.50. The highest BCUT2D eigenvalue weighted by atomic mass is 79.9. The van der Waals surface area contributed by atoms with Crippen LogP contribution >= 0.6 is 27.5 Å². The Morgan fingerprint density at radius 3 is 2.58 bits per heavy atom. The van der Waals surface area contributed by atoms with Crippen LogP contribution in [0.5, 0.6) is 0 Å². The Labute approximate surface area is 126 Å². The van der Waals surface area contributed by atoms with Gasteiger partial charge in [-0.25, -0.2) is 4.98 Å². The van der Waals surface area contributed by atoms with Crippen molar-refractivity contribution < 1.29 is 5.11 Å². The molecule has 3 nitrogen and oxygen atoms in total. The molecule has 0 radical (unpaired) electrons. The van der Waals surface area contributed by atoms with Crippen LogP contribution in [0.25, 0.3) is 0 Å². The van der Waals surface area contributed by atoms with E-state index in [4.69, 9.17) is 11.6 Å². The van der Waals surface area contributed by atoms with Crippen molar-refractivity contribution in [1.29, 1.82) is 0 Å². The Hall–Kier alpha value is -0.840. The first-order chi connectivity index (χ1) is 9.15. The molecular weight excluding hydrogens is 328 g/mol. The Bertz CT molecular complexity index is 551. The van der Waals surface area contributed by atoms with Gasteiger partial charge in [-0.15, -0.1) is 0 Å². The van der Waals surface area contributed by atoms with Crippen LogP contribution < -0.4 is 0 Å². The van der Waals surface area contributed by atoms with Gasteiger partial charge in [-0.3, -0.25) is 0 Å². The van der Waals surface area contributed by atoms with Crippen molar-refractivity contribution in [3.05, 3.63) is 51.0 Å². The lowest BCUT2D eigenvalue weighted by Gasteiger charge is -2.11. The molecular formula is C14H16BrClN2O. The van der Waals surface area contributed by atoms with E-state index in [0.29, 0.717) is 17.4 Å². The SMILES string of the molecule is CCCc1nc(Cl)c(CO)n1Cc1ccc(Br)cc1. The highest BCUT2D eigenvalue weighted by molar-refractivity contribution is 9.10. The first-order valence-electron chi connectivity index (χ1n) is 6.24. The second kappa shape index (κ2) is 6.55. The van der Waals surface area contributed by atoms with Crippen molar-refractivity contribution in [2.45, 2.75) is 32.9 Å². The first kappa shape index (κ1) is 14.6. The Morgan fingerprint density at radius 1 is 1.32 bits per heavy atom. The van der Waals surface area contributed by atoms with E-state index in [0.717, 1.165) is 28.7 Å². The number of aromatic nitrogens is 2. The zero-order chi connectivity index (χ0) is 13.8. The van der Waals surface area contributed by atoms with Gasteiger partial charge >= 0.3 is 0 Å². The molecule has 19 heavy (non-hydrogen) atoms. The topological polar surface area (TPSA) is 38.1 Å². The second-order valence-electron chi connectivity index (χ2n) is 4.39. The molecule has 0 bridgehead atoms. The fraction of sp³-hybridized carbons (Fsp3) is 0.357. The fourth-order valence-electron chi connectivity index (χ4n) is 2.03. The molecule has 0 aliphatic rings. The number of halogens is 2. The molecule has 0 aliphatic heterocycles. The van der Waals surface area contributed by atoms with Gasteiger partial charge in [0.05, 0.1) is 12.3 Å². The number of aryl methyl sites for hydroxylation is 1. The standard InChI is InChI=1S/C14H16BrClN2O/c1-2-3-13-17-14(16)12(9-19)18(13)8-10-4-6-11(15)7-5-10/h4-7,19H,2-3,8-9H2,1H3. The number of hydrogen-bond acceptors (Lipinski definition) is 2. The second-order valence-corrected chi connectivity index (χ2v) is 5.66. The van der Waals surface area contributed by atoms with Crippen molar-refractivity contribution in [3.8, 4) is 0 Å². The maximum absolute atomic E-state index is 9.45. The van der Waals surface area contributed by atoms with E-state index < -0.39 is 0 Å². The zero-order valence-corrected chi connectivity index (χ0v) is 13.1. The number of hydrogen-bond donors (Lipinski definition) is 1. The minimum Gasteiger partial charge on any atom is -0.390 e. The molecule has 0 unspecified atom stereocenters. The molecule has 0 spiro atoms. The number of imidazole rings is 1. The molecule has 1 aromatic heterocycles. The molecule has 0 saturated carbocycles. The molecule has 0 fully saturated rings. The van der Waals surface area contributed by atoms with Crippen LogP contribution in [0.1, 0.15) is 30.4 Å². The van der Waals surface area contributed by atoms with Gasteiger partial charge in [0, 0.05) is 17.4 Å². The summed E-state index contributed by atoms with van der Waals surface area (Å²) < 4.78 is 3.06. The molecule has 1 N–H and O–H groups in total.